The molecule has 6 heteroatoms. The number of halogens is 3. The third-order valence-corrected chi connectivity index (χ3v) is 3.00. The molecule has 1 aromatic heterocycles. The molecule has 106 valence electrons. The maximum Gasteiger partial charge on any atom is 0.416 e. The number of H-pyrrole nitrogens is 1. The Morgan fingerprint density at radius 1 is 0.810 bits per heavy atom. The smallest absolute Gasteiger partial charge is 0.259 e. The van der Waals surface area contributed by atoms with Gasteiger partial charge in [0.15, 0.2) is 11.6 Å². The molecule has 21 heavy (non-hydrogen) atoms. The first kappa shape index (κ1) is 13.4. The lowest BCUT2D eigenvalue weighted by Crippen LogP contribution is -2.04. The van der Waals surface area contributed by atoms with Crippen LogP contribution in [-0.2, 0) is 6.18 Å². The first-order valence-electron chi connectivity index (χ1n) is 6.19. The van der Waals surface area contributed by atoms with Crippen molar-refractivity contribution >= 4 is 0 Å². The first-order valence-corrected chi connectivity index (χ1v) is 6.19. The molecule has 0 spiro atoms. The summed E-state index contributed by atoms with van der Waals surface area (Å²) in [6.45, 7) is 0. The molecule has 0 aliphatic rings. The van der Waals surface area contributed by atoms with Crippen LogP contribution in [-0.4, -0.2) is 15.2 Å². The number of rotatable bonds is 2. The number of hydrogen-bond donors (Lipinski definition) is 1. The van der Waals surface area contributed by atoms with Crippen LogP contribution in [0.3, 0.4) is 0 Å². The Morgan fingerprint density at radius 3 is 2.10 bits per heavy atom. The van der Waals surface area contributed by atoms with Crippen molar-refractivity contribution < 1.29 is 13.2 Å². The molecule has 1 heterocycles. The predicted molar refractivity (Wildman–Crippen MR) is 72.3 cm³/mol. The molecular weight excluding hydrogens is 279 g/mol. The second-order valence-electron chi connectivity index (χ2n) is 4.45. The van der Waals surface area contributed by atoms with Gasteiger partial charge in [-0.1, -0.05) is 42.5 Å². The zero-order chi connectivity index (χ0) is 14.9. The molecule has 3 rings (SSSR count). The van der Waals surface area contributed by atoms with Gasteiger partial charge < -0.3 is 0 Å². The van der Waals surface area contributed by atoms with Gasteiger partial charge in [0, 0.05) is 11.1 Å². The van der Waals surface area contributed by atoms with Gasteiger partial charge in [0.2, 0.25) is 0 Å². The molecule has 0 atom stereocenters. The summed E-state index contributed by atoms with van der Waals surface area (Å²) in [4.78, 5) is 4.29. The Labute approximate surface area is 118 Å². The first-order chi connectivity index (χ1) is 10.0. The highest BCUT2D eigenvalue weighted by molar-refractivity contribution is 5.61. The highest BCUT2D eigenvalue weighted by atomic mass is 19.4. The van der Waals surface area contributed by atoms with Crippen molar-refractivity contribution in [3.8, 4) is 22.8 Å². The zero-order valence-electron chi connectivity index (χ0n) is 10.7. The van der Waals surface area contributed by atoms with Crippen LogP contribution < -0.4 is 0 Å². The molecule has 0 aliphatic carbocycles. The maximum atomic E-state index is 12.5. The molecule has 1 N–H and O–H groups in total. The lowest BCUT2D eigenvalue weighted by Gasteiger charge is -2.06. The number of nitrogens with one attached hydrogen (secondary N) is 1. The highest BCUT2D eigenvalue weighted by Crippen LogP contribution is 2.30. The summed E-state index contributed by atoms with van der Waals surface area (Å²) in [6.07, 6.45) is -4.34. The van der Waals surface area contributed by atoms with Gasteiger partial charge in [0.25, 0.3) is 0 Å². The number of aromatic nitrogens is 3. The number of alkyl halides is 3. The number of nitrogens with zero attached hydrogens (tertiary/aromatic N) is 2. The second-order valence-corrected chi connectivity index (χ2v) is 4.45. The van der Waals surface area contributed by atoms with Gasteiger partial charge in [0.05, 0.1) is 5.56 Å². The standard InChI is InChI=1S/C15H10F3N3/c16-15(17,18)12-8-6-11(7-9-12)14-19-13(20-21-14)10-4-2-1-3-5-10/h1-9H,(H,19,20,21). The maximum absolute atomic E-state index is 12.5. The molecule has 3 aromatic rings. The fraction of sp³-hybridized carbons (Fsp3) is 0.0667. The Morgan fingerprint density at radius 2 is 1.48 bits per heavy atom. The van der Waals surface area contributed by atoms with Gasteiger partial charge in [-0.15, -0.1) is 0 Å². The Balaban J connectivity index is 1.90. The van der Waals surface area contributed by atoms with E-state index in [2.05, 4.69) is 15.2 Å². The van der Waals surface area contributed by atoms with Crippen LogP contribution in [0.5, 0.6) is 0 Å². The Hall–Kier alpha value is -2.63. The van der Waals surface area contributed by atoms with E-state index in [1.54, 1.807) is 0 Å². The van der Waals surface area contributed by atoms with Gasteiger partial charge in [-0.2, -0.15) is 18.3 Å². The molecule has 0 aliphatic heterocycles. The van der Waals surface area contributed by atoms with Gasteiger partial charge in [-0.25, -0.2) is 4.98 Å². The minimum atomic E-state index is -4.34. The van der Waals surface area contributed by atoms with Crippen LogP contribution in [0.25, 0.3) is 22.8 Å². The molecule has 0 saturated heterocycles. The highest BCUT2D eigenvalue weighted by Gasteiger charge is 2.30. The van der Waals surface area contributed by atoms with Crippen LogP contribution >= 0.6 is 0 Å². The number of aromatic amines is 1. The van der Waals surface area contributed by atoms with Crippen molar-refractivity contribution in [2.75, 3.05) is 0 Å². The van der Waals surface area contributed by atoms with Crippen LogP contribution in [0.2, 0.25) is 0 Å². The summed E-state index contributed by atoms with van der Waals surface area (Å²) in [5.74, 6) is 0.938. The van der Waals surface area contributed by atoms with E-state index in [9.17, 15) is 13.2 Å². The monoisotopic (exact) mass is 289 g/mol. The lowest BCUT2D eigenvalue weighted by atomic mass is 10.1. The van der Waals surface area contributed by atoms with Crippen molar-refractivity contribution in [3.05, 3.63) is 60.2 Å². The van der Waals surface area contributed by atoms with Gasteiger partial charge in [-0.05, 0) is 12.1 Å². The second kappa shape index (κ2) is 5.05. The van der Waals surface area contributed by atoms with E-state index in [0.717, 1.165) is 17.7 Å². The molecule has 3 nitrogen and oxygen atoms in total. The molecule has 2 aromatic carbocycles. The van der Waals surface area contributed by atoms with Crippen molar-refractivity contribution in [2.45, 2.75) is 6.18 Å². The Bertz CT molecular complexity index is 731. The summed E-state index contributed by atoms with van der Waals surface area (Å²) in [5.41, 5.74) is 0.707. The predicted octanol–water partition coefficient (Wildman–Crippen LogP) is 4.16. The van der Waals surface area contributed by atoms with Crippen LogP contribution in [0.1, 0.15) is 5.56 Å². The van der Waals surface area contributed by atoms with E-state index in [4.69, 9.17) is 0 Å². The van der Waals surface area contributed by atoms with E-state index in [0.29, 0.717) is 17.2 Å². The van der Waals surface area contributed by atoms with E-state index >= 15 is 0 Å². The Kier molecular flexibility index (Phi) is 3.21. The topological polar surface area (TPSA) is 41.6 Å². The zero-order valence-corrected chi connectivity index (χ0v) is 10.7. The minimum absolute atomic E-state index is 0.433. The SMILES string of the molecule is FC(F)(F)c1ccc(-c2nc(-c3ccccc3)n[nH]2)cc1. The molecule has 0 fully saturated rings. The third kappa shape index (κ3) is 2.79. The van der Waals surface area contributed by atoms with Gasteiger partial charge in [0.1, 0.15) is 0 Å². The lowest BCUT2D eigenvalue weighted by molar-refractivity contribution is -0.137. The number of benzene rings is 2. The molecule has 0 unspecified atom stereocenters. The quantitative estimate of drug-likeness (QED) is 0.769. The van der Waals surface area contributed by atoms with E-state index in [-0.39, 0.29) is 0 Å². The van der Waals surface area contributed by atoms with Crippen LogP contribution in [0.15, 0.2) is 54.6 Å². The van der Waals surface area contributed by atoms with Crippen molar-refractivity contribution in [1.82, 2.24) is 15.2 Å². The van der Waals surface area contributed by atoms with Crippen molar-refractivity contribution in [2.24, 2.45) is 0 Å². The van der Waals surface area contributed by atoms with Gasteiger partial charge >= 0.3 is 6.18 Å². The largest absolute Gasteiger partial charge is 0.416 e. The van der Waals surface area contributed by atoms with Crippen molar-refractivity contribution in [1.29, 1.82) is 0 Å². The molecular formula is C15H10F3N3. The van der Waals surface area contributed by atoms with E-state index in [1.165, 1.54) is 12.1 Å². The molecule has 0 radical (unpaired) electrons. The fourth-order valence-corrected chi connectivity index (χ4v) is 1.92. The average molecular weight is 289 g/mol. The van der Waals surface area contributed by atoms with Crippen LogP contribution in [0.4, 0.5) is 13.2 Å². The fourth-order valence-electron chi connectivity index (χ4n) is 1.92. The summed E-state index contributed by atoms with van der Waals surface area (Å²) in [7, 11) is 0. The average Bonchev–Trinajstić information content (AvgIpc) is 2.97. The summed E-state index contributed by atoms with van der Waals surface area (Å²) >= 11 is 0. The van der Waals surface area contributed by atoms with Crippen LogP contribution in [0, 0.1) is 0 Å². The molecule has 0 amide bonds. The van der Waals surface area contributed by atoms with E-state index in [1.807, 2.05) is 30.3 Å². The third-order valence-electron chi connectivity index (χ3n) is 3.00. The summed E-state index contributed by atoms with van der Waals surface area (Å²) in [6, 6.07) is 14.1. The normalized spacial score (nSPS) is 11.6. The van der Waals surface area contributed by atoms with E-state index < -0.39 is 11.7 Å². The molecule has 0 saturated carbocycles. The minimum Gasteiger partial charge on any atom is -0.259 e. The van der Waals surface area contributed by atoms with Crippen molar-refractivity contribution in [3.63, 3.8) is 0 Å². The summed E-state index contributed by atoms with van der Waals surface area (Å²) < 4.78 is 37.5. The number of hydrogen-bond acceptors (Lipinski definition) is 2. The molecule has 0 bridgehead atoms. The summed E-state index contributed by atoms with van der Waals surface area (Å²) in [5, 5.41) is 6.81. The van der Waals surface area contributed by atoms with Gasteiger partial charge in [-0.3, -0.25) is 5.10 Å².